The lowest BCUT2D eigenvalue weighted by atomic mass is 9.80. The smallest absolute Gasteiger partial charge is 0.183 e. The van der Waals surface area contributed by atoms with Crippen LogP contribution in [0.4, 0.5) is 0 Å². The molecule has 0 aromatic carbocycles. The molecule has 1 aliphatic rings. The Hall–Kier alpha value is -0.200. The number of hydrogen-bond donors (Lipinski definition) is 4. The number of hydrogen-bond acceptors (Lipinski definition) is 5. The third-order valence-corrected chi connectivity index (χ3v) is 2.96. The van der Waals surface area contributed by atoms with Gasteiger partial charge in [0.15, 0.2) is 6.29 Å². The third kappa shape index (κ3) is 2.68. The molecule has 0 bridgehead atoms. The summed E-state index contributed by atoms with van der Waals surface area (Å²) in [6, 6.07) is 0. The van der Waals surface area contributed by atoms with Crippen molar-refractivity contribution in [3.63, 3.8) is 0 Å². The molecule has 5 heteroatoms. The zero-order valence-corrected chi connectivity index (χ0v) is 9.08. The van der Waals surface area contributed by atoms with Crippen molar-refractivity contribution in [1.82, 2.24) is 0 Å². The van der Waals surface area contributed by atoms with Gasteiger partial charge in [-0.05, 0) is 12.3 Å². The molecule has 5 atom stereocenters. The molecule has 0 aromatic heterocycles. The molecular weight excluding hydrogens is 200 g/mol. The maximum Gasteiger partial charge on any atom is 0.183 e. The highest BCUT2D eigenvalue weighted by atomic mass is 16.6. The molecule has 5 nitrogen and oxygen atoms in total. The zero-order chi connectivity index (χ0) is 11.6. The molecule has 0 amide bonds. The second-order valence-corrected chi connectivity index (χ2v) is 4.38. The first-order valence-electron chi connectivity index (χ1n) is 5.29. The van der Waals surface area contributed by atoms with Gasteiger partial charge >= 0.3 is 0 Å². The van der Waals surface area contributed by atoms with E-state index in [4.69, 9.17) is 9.84 Å². The maximum atomic E-state index is 9.80. The zero-order valence-electron chi connectivity index (χ0n) is 9.08. The van der Waals surface area contributed by atoms with Gasteiger partial charge in [-0.15, -0.1) is 0 Å². The van der Waals surface area contributed by atoms with E-state index in [9.17, 15) is 15.3 Å². The second kappa shape index (κ2) is 5.23. The van der Waals surface area contributed by atoms with Crippen LogP contribution in [0.2, 0.25) is 0 Å². The first-order valence-corrected chi connectivity index (χ1v) is 5.29. The first kappa shape index (κ1) is 12.9. The van der Waals surface area contributed by atoms with Gasteiger partial charge in [-0.25, -0.2) is 0 Å². The second-order valence-electron chi connectivity index (χ2n) is 4.38. The van der Waals surface area contributed by atoms with Crippen molar-refractivity contribution < 1.29 is 25.2 Å². The monoisotopic (exact) mass is 220 g/mol. The van der Waals surface area contributed by atoms with E-state index in [1.165, 1.54) is 0 Å². The predicted molar refractivity (Wildman–Crippen MR) is 52.9 cm³/mol. The fourth-order valence-electron chi connectivity index (χ4n) is 2.18. The Balaban J connectivity index is 2.76. The fraction of sp³-hybridized carbons (Fsp3) is 1.00. The highest BCUT2D eigenvalue weighted by Crippen LogP contribution is 2.32. The van der Waals surface area contributed by atoms with E-state index >= 15 is 0 Å². The Labute approximate surface area is 89.3 Å². The van der Waals surface area contributed by atoms with E-state index in [1.54, 1.807) is 0 Å². The third-order valence-electron chi connectivity index (χ3n) is 2.96. The van der Waals surface area contributed by atoms with E-state index in [-0.39, 0.29) is 18.4 Å². The van der Waals surface area contributed by atoms with Gasteiger partial charge in [0.25, 0.3) is 0 Å². The number of aliphatic hydroxyl groups excluding tert-OH is 4. The van der Waals surface area contributed by atoms with Crippen molar-refractivity contribution >= 4 is 0 Å². The number of aliphatic hydroxyl groups is 4. The van der Waals surface area contributed by atoms with Crippen molar-refractivity contribution in [2.75, 3.05) is 6.61 Å². The summed E-state index contributed by atoms with van der Waals surface area (Å²) in [6.07, 6.45) is -3.71. The summed E-state index contributed by atoms with van der Waals surface area (Å²) >= 11 is 0. The van der Waals surface area contributed by atoms with Gasteiger partial charge in [0.1, 0.15) is 6.10 Å². The van der Waals surface area contributed by atoms with Crippen LogP contribution in [0.25, 0.3) is 0 Å². The molecular formula is C10H20O5. The lowest BCUT2D eigenvalue weighted by Gasteiger charge is -2.42. The molecule has 1 aliphatic heterocycles. The molecule has 90 valence electrons. The quantitative estimate of drug-likeness (QED) is 0.494. The normalized spacial score (nSPS) is 42.2. The average molecular weight is 220 g/mol. The molecule has 0 aliphatic carbocycles. The summed E-state index contributed by atoms with van der Waals surface area (Å²) in [5.41, 5.74) is 0. The molecule has 15 heavy (non-hydrogen) atoms. The van der Waals surface area contributed by atoms with Crippen LogP contribution in [0.1, 0.15) is 20.3 Å². The minimum absolute atomic E-state index is 0.0660. The average Bonchev–Trinajstić information content (AvgIpc) is 2.14. The summed E-state index contributed by atoms with van der Waals surface area (Å²) in [7, 11) is 0. The molecule has 1 fully saturated rings. The van der Waals surface area contributed by atoms with Crippen LogP contribution < -0.4 is 0 Å². The largest absolute Gasteiger partial charge is 0.396 e. The van der Waals surface area contributed by atoms with Gasteiger partial charge in [0.05, 0.1) is 12.2 Å². The number of rotatable bonds is 3. The summed E-state index contributed by atoms with van der Waals surface area (Å²) in [6.45, 7) is 3.75. The predicted octanol–water partition coefficient (Wildman–Crippen LogP) is -0.920. The molecule has 5 unspecified atom stereocenters. The lowest BCUT2D eigenvalue weighted by molar-refractivity contribution is -0.276. The van der Waals surface area contributed by atoms with Gasteiger partial charge in [-0.1, -0.05) is 13.8 Å². The van der Waals surface area contributed by atoms with Crippen molar-refractivity contribution in [3.8, 4) is 0 Å². The van der Waals surface area contributed by atoms with E-state index in [0.717, 1.165) is 0 Å². The van der Waals surface area contributed by atoms with Crippen LogP contribution in [0.3, 0.4) is 0 Å². The minimum Gasteiger partial charge on any atom is -0.396 e. The van der Waals surface area contributed by atoms with E-state index in [1.807, 2.05) is 13.8 Å². The summed E-state index contributed by atoms with van der Waals surface area (Å²) < 4.78 is 5.17. The Morgan fingerprint density at radius 3 is 2.20 bits per heavy atom. The Morgan fingerprint density at radius 1 is 1.13 bits per heavy atom. The highest BCUT2D eigenvalue weighted by molar-refractivity contribution is 4.89. The first-order chi connectivity index (χ1) is 6.99. The van der Waals surface area contributed by atoms with E-state index < -0.39 is 24.6 Å². The van der Waals surface area contributed by atoms with Gasteiger partial charge in [-0.2, -0.15) is 0 Å². The standard InChI is InChI=1S/C10H20O5/c1-5(2)7-6(3-4-11)15-10(14)9(13)8(7)12/h5-14H,3-4H2,1-2H3. The highest BCUT2D eigenvalue weighted by Gasteiger charge is 2.44. The van der Waals surface area contributed by atoms with Crippen molar-refractivity contribution in [1.29, 1.82) is 0 Å². The molecule has 0 spiro atoms. The van der Waals surface area contributed by atoms with Gasteiger partial charge in [0, 0.05) is 12.5 Å². The van der Waals surface area contributed by atoms with E-state index in [2.05, 4.69) is 0 Å². The Kier molecular flexibility index (Phi) is 4.48. The topological polar surface area (TPSA) is 90.2 Å². The lowest BCUT2D eigenvalue weighted by Crippen LogP contribution is -2.56. The number of ether oxygens (including phenoxy) is 1. The molecule has 0 saturated carbocycles. The van der Waals surface area contributed by atoms with Crippen molar-refractivity contribution in [3.05, 3.63) is 0 Å². The van der Waals surface area contributed by atoms with Crippen LogP contribution >= 0.6 is 0 Å². The van der Waals surface area contributed by atoms with Crippen molar-refractivity contribution in [2.45, 2.75) is 44.9 Å². The van der Waals surface area contributed by atoms with Crippen LogP contribution in [-0.4, -0.2) is 51.6 Å². The van der Waals surface area contributed by atoms with Gasteiger partial charge in [-0.3, -0.25) is 0 Å². The molecule has 4 N–H and O–H groups in total. The Bertz CT molecular complexity index is 196. The van der Waals surface area contributed by atoms with Gasteiger partial charge < -0.3 is 25.2 Å². The molecule has 0 aromatic rings. The summed E-state index contributed by atoms with van der Waals surface area (Å²) in [5.74, 6) is -0.158. The van der Waals surface area contributed by atoms with Gasteiger partial charge in [0.2, 0.25) is 0 Å². The van der Waals surface area contributed by atoms with Crippen molar-refractivity contribution in [2.24, 2.45) is 11.8 Å². The van der Waals surface area contributed by atoms with Crippen LogP contribution in [0, 0.1) is 11.8 Å². The van der Waals surface area contributed by atoms with Crippen LogP contribution in [-0.2, 0) is 4.74 Å². The fourth-order valence-corrected chi connectivity index (χ4v) is 2.18. The minimum atomic E-state index is -1.37. The Morgan fingerprint density at radius 2 is 1.73 bits per heavy atom. The SMILES string of the molecule is CC(C)C1C(CCO)OC(O)C(O)C1O. The summed E-state index contributed by atoms with van der Waals surface area (Å²) in [5, 5.41) is 37.4. The molecule has 1 saturated heterocycles. The molecule has 1 rings (SSSR count). The molecule has 1 heterocycles. The van der Waals surface area contributed by atoms with E-state index in [0.29, 0.717) is 6.42 Å². The summed E-state index contributed by atoms with van der Waals surface area (Å²) in [4.78, 5) is 0. The molecule has 0 radical (unpaired) electrons. The van der Waals surface area contributed by atoms with Crippen LogP contribution in [0.5, 0.6) is 0 Å². The maximum absolute atomic E-state index is 9.80. The van der Waals surface area contributed by atoms with Crippen LogP contribution in [0.15, 0.2) is 0 Å².